The Morgan fingerprint density at radius 1 is 1.40 bits per heavy atom. The second-order valence-corrected chi connectivity index (χ2v) is 4.65. The van der Waals surface area contributed by atoms with Crippen molar-refractivity contribution in [2.75, 3.05) is 19.0 Å². The monoisotopic (exact) mass is 355 g/mol. The second kappa shape index (κ2) is 7.37. The highest BCUT2D eigenvalue weighted by atomic mass is 79.9. The maximum Gasteiger partial charge on any atom is 0.573 e. The van der Waals surface area contributed by atoms with E-state index in [2.05, 4.69) is 30.7 Å². The third-order valence-corrected chi connectivity index (χ3v) is 2.89. The Labute approximate surface area is 122 Å². The van der Waals surface area contributed by atoms with Gasteiger partial charge in [0.2, 0.25) is 0 Å². The number of nitrogens with one attached hydrogen (secondary N) is 1. The number of carbonyl (C=O) groups excluding carboxylic acids is 1. The highest BCUT2D eigenvalue weighted by molar-refractivity contribution is 9.10. The molecule has 0 spiro atoms. The van der Waals surface area contributed by atoms with E-state index in [-0.39, 0.29) is 22.6 Å². The van der Waals surface area contributed by atoms with Crippen molar-refractivity contribution < 1.29 is 27.4 Å². The number of carbonyl (C=O) groups is 1. The predicted molar refractivity (Wildman–Crippen MR) is 70.6 cm³/mol. The van der Waals surface area contributed by atoms with E-state index in [1.165, 1.54) is 25.3 Å². The predicted octanol–water partition coefficient (Wildman–Crippen LogP) is 3.71. The number of anilines is 1. The maximum absolute atomic E-state index is 12.1. The van der Waals surface area contributed by atoms with Gasteiger partial charge in [-0.2, -0.15) is 0 Å². The summed E-state index contributed by atoms with van der Waals surface area (Å²) >= 11 is 3.00. The topological polar surface area (TPSA) is 47.6 Å². The average molecular weight is 356 g/mol. The minimum absolute atomic E-state index is 0.188. The third-order valence-electron chi connectivity index (χ3n) is 2.27. The van der Waals surface area contributed by atoms with Crippen molar-refractivity contribution in [3.05, 3.63) is 22.7 Å². The molecule has 0 heterocycles. The Hall–Kier alpha value is -1.44. The Morgan fingerprint density at radius 2 is 2.10 bits per heavy atom. The van der Waals surface area contributed by atoms with Crippen LogP contribution in [-0.4, -0.2) is 26.0 Å². The summed E-state index contributed by atoms with van der Waals surface area (Å²) in [6, 6.07) is 4.14. The Morgan fingerprint density at radius 3 is 2.65 bits per heavy atom. The lowest BCUT2D eigenvalue weighted by Gasteiger charge is -2.12. The molecule has 1 aromatic rings. The number of hydrogen-bond donors (Lipinski definition) is 1. The van der Waals surface area contributed by atoms with Gasteiger partial charge in [0.1, 0.15) is 5.75 Å². The molecular weight excluding hydrogens is 343 g/mol. The lowest BCUT2D eigenvalue weighted by atomic mass is 10.2. The molecule has 0 aromatic heterocycles. The van der Waals surface area contributed by atoms with E-state index in [1.54, 1.807) is 0 Å². The molecule has 0 aliphatic heterocycles. The molecule has 0 fully saturated rings. The molecule has 1 aromatic carbocycles. The molecule has 0 atom stereocenters. The molecule has 0 amide bonds. The molecule has 20 heavy (non-hydrogen) atoms. The average Bonchev–Trinajstić information content (AvgIpc) is 2.36. The molecule has 1 rings (SSSR count). The number of rotatable bonds is 6. The fourth-order valence-electron chi connectivity index (χ4n) is 1.39. The first-order chi connectivity index (χ1) is 9.31. The first-order valence-electron chi connectivity index (χ1n) is 5.68. The molecule has 0 bridgehead atoms. The minimum Gasteiger partial charge on any atom is -0.469 e. The van der Waals surface area contributed by atoms with Crippen molar-refractivity contribution in [3.63, 3.8) is 0 Å². The lowest BCUT2D eigenvalue weighted by molar-refractivity contribution is -0.274. The quantitative estimate of drug-likeness (QED) is 0.624. The number of halogens is 4. The van der Waals surface area contributed by atoms with Gasteiger partial charge < -0.3 is 14.8 Å². The van der Waals surface area contributed by atoms with Gasteiger partial charge in [0.05, 0.1) is 11.6 Å². The normalized spacial score (nSPS) is 11.1. The summed E-state index contributed by atoms with van der Waals surface area (Å²) in [6.07, 6.45) is -3.89. The fraction of sp³-hybridized carbons (Fsp3) is 0.417. The summed E-state index contributed by atoms with van der Waals surface area (Å²) in [5.74, 6) is -0.612. The number of methoxy groups -OCH3 is 1. The maximum atomic E-state index is 12.1. The van der Waals surface area contributed by atoms with Crippen molar-refractivity contribution >= 4 is 27.6 Å². The highest BCUT2D eigenvalue weighted by Crippen LogP contribution is 2.32. The number of hydrogen-bond acceptors (Lipinski definition) is 4. The summed E-state index contributed by atoms with van der Waals surface area (Å²) in [7, 11) is 1.31. The molecule has 0 saturated heterocycles. The number of ether oxygens (including phenoxy) is 2. The molecule has 8 heteroatoms. The van der Waals surface area contributed by atoms with Crippen LogP contribution in [0.5, 0.6) is 5.75 Å². The first kappa shape index (κ1) is 16.6. The number of esters is 1. The van der Waals surface area contributed by atoms with Crippen LogP contribution in [0.4, 0.5) is 18.9 Å². The van der Waals surface area contributed by atoms with Crippen LogP contribution >= 0.6 is 15.9 Å². The van der Waals surface area contributed by atoms with E-state index in [9.17, 15) is 18.0 Å². The van der Waals surface area contributed by atoms with Crippen LogP contribution in [0, 0.1) is 0 Å². The molecule has 112 valence electrons. The molecular formula is C12H13BrF3NO3. The van der Waals surface area contributed by atoms with E-state index in [1.807, 2.05) is 0 Å². The van der Waals surface area contributed by atoms with Crippen molar-refractivity contribution in [2.45, 2.75) is 19.2 Å². The van der Waals surface area contributed by atoms with Gasteiger partial charge in [0, 0.05) is 18.7 Å². The lowest BCUT2D eigenvalue weighted by Crippen LogP contribution is -2.17. The van der Waals surface area contributed by atoms with Crippen molar-refractivity contribution in [1.29, 1.82) is 0 Å². The molecule has 1 N–H and O–H groups in total. The van der Waals surface area contributed by atoms with Crippen LogP contribution in [0.1, 0.15) is 12.8 Å². The Balaban J connectivity index is 2.49. The van der Waals surface area contributed by atoms with E-state index < -0.39 is 6.36 Å². The summed E-state index contributed by atoms with van der Waals surface area (Å²) in [5, 5.41) is 2.98. The SMILES string of the molecule is COC(=O)CCCNc1ccc(OC(F)(F)F)c(Br)c1. The Kier molecular flexibility index (Phi) is 6.12. The summed E-state index contributed by atoms with van der Waals surface area (Å²) in [4.78, 5) is 10.9. The first-order valence-corrected chi connectivity index (χ1v) is 6.47. The van der Waals surface area contributed by atoms with Gasteiger partial charge in [0.25, 0.3) is 0 Å². The van der Waals surface area contributed by atoms with Gasteiger partial charge in [-0.05, 0) is 40.5 Å². The Bertz CT molecular complexity index is 466. The summed E-state index contributed by atoms with van der Waals surface area (Å²) in [5.41, 5.74) is 0.622. The van der Waals surface area contributed by atoms with Crippen LogP contribution in [-0.2, 0) is 9.53 Å². The molecule has 0 aliphatic rings. The summed E-state index contributed by atoms with van der Waals surface area (Å²) < 4.78 is 44.7. The van der Waals surface area contributed by atoms with Crippen LogP contribution < -0.4 is 10.1 Å². The second-order valence-electron chi connectivity index (χ2n) is 3.80. The number of benzene rings is 1. The van der Waals surface area contributed by atoms with Gasteiger partial charge in [-0.25, -0.2) is 0 Å². The van der Waals surface area contributed by atoms with Crippen molar-refractivity contribution in [1.82, 2.24) is 0 Å². The zero-order valence-corrected chi connectivity index (χ0v) is 12.2. The molecule has 0 unspecified atom stereocenters. The fourth-order valence-corrected chi connectivity index (χ4v) is 1.85. The van der Waals surface area contributed by atoms with Gasteiger partial charge in [-0.3, -0.25) is 4.79 Å². The zero-order valence-electron chi connectivity index (χ0n) is 10.6. The van der Waals surface area contributed by atoms with Crippen LogP contribution in [0.3, 0.4) is 0 Å². The third kappa shape index (κ3) is 6.14. The van der Waals surface area contributed by atoms with E-state index in [0.717, 1.165) is 0 Å². The number of alkyl halides is 3. The van der Waals surface area contributed by atoms with Crippen LogP contribution in [0.15, 0.2) is 22.7 Å². The largest absolute Gasteiger partial charge is 0.573 e. The molecule has 0 aliphatic carbocycles. The van der Waals surface area contributed by atoms with E-state index >= 15 is 0 Å². The van der Waals surface area contributed by atoms with Crippen molar-refractivity contribution in [2.24, 2.45) is 0 Å². The smallest absolute Gasteiger partial charge is 0.469 e. The zero-order chi connectivity index (χ0) is 15.2. The summed E-state index contributed by atoms with van der Waals surface area (Å²) in [6.45, 7) is 0.501. The van der Waals surface area contributed by atoms with E-state index in [4.69, 9.17) is 0 Å². The van der Waals surface area contributed by atoms with Crippen LogP contribution in [0.25, 0.3) is 0 Å². The molecule has 0 radical (unpaired) electrons. The van der Waals surface area contributed by atoms with Gasteiger partial charge in [-0.1, -0.05) is 0 Å². The van der Waals surface area contributed by atoms with Crippen LogP contribution in [0.2, 0.25) is 0 Å². The molecule has 4 nitrogen and oxygen atoms in total. The van der Waals surface area contributed by atoms with Crippen molar-refractivity contribution in [3.8, 4) is 5.75 Å². The minimum atomic E-state index is -4.72. The van der Waals surface area contributed by atoms with E-state index in [0.29, 0.717) is 18.7 Å². The molecule has 0 saturated carbocycles. The standard InChI is InChI=1S/C12H13BrF3NO3/c1-19-11(18)3-2-6-17-8-4-5-10(9(13)7-8)20-12(14,15)16/h4-5,7,17H,2-3,6H2,1H3. The van der Waals surface area contributed by atoms with Gasteiger partial charge in [0.15, 0.2) is 0 Å². The van der Waals surface area contributed by atoms with Gasteiger partial charge >= 0.3 is 12.3 Å². The highest BCUT2D eigenvalue weighted by Gasteiger charge is 2.31. The van der Waals surface area contributed by atoms with Gasteiger partial charge in [-0.15, -0.1) is 13.2 Å².